The summed E-state index contributed by atoms with van der Waals surface area (Å²) in [7, 11) is 0. The molecule has 0 spiro atoms. The molecule has 2 rings (SSSR count). The highest BCUT2D eigenvalue weighted by molar-refractivity contribution is 6.30. The van der Waals surface area contributed by atoms with Gasteiger partial charge in [0.15, 0.2) is 0 Å². The predicted octanol–water partition coefficient (Wildman–Crippen LogP) is 3.95. The third-order valence-corrected chi connectivity index (χ3v) is 3.38. The Labute approximate surface area is 102 Å². The van der Waals surface area contributed by atoms with E-state index in [1.54, 1.807) is 0 Å². The van der Waals surface area contributed by atoms with E-state index < -0.39 is 0 Å². The van der Waals surface area contributed by atoms with Crippen molar-refractivity contribution in [2.45, 2.75) is 31.7 Å². The lowest BCUT2D eigenvalue weighted by atomic mass is 9.93. The van der Waals surface area contributed by atoms with E-state index in [4.69, 9.17) is 17.3 Å². The quantitative estimate of drug-likeness (QED) is 0.839. The fourth-order valence-electron chi connectivity index (χ4n) is 2.30. The highest BCUT2D eigenvalue weighted by atomic mass is 35.5. The number of rotatable bonds is 2. The van der Waals surface area contributed by atoms with Crippen LogP contribution < -0.4 is 5.73 Å². The normalized spacial score (nSPS) is 18.5. The monoisotopic (exact) mass is 245 g/mol. The van der Waals surface area contributed by atoms with Crippen molar-refractivity contribution in [3.63, 3.8) is 0 Å². The molecule has 15 heavy (non-hydrogen) atoms. The minimum atomic E-state index is 0. The molecule has 0 amide bonds. The van der Waals surface area contributed by atoms with Crippen LogP contribution in [0.25, 0.3) is 0 Å². The van der Waals surface area contributed by atoms with Crippen molar-refractivity contribution in [2.75, 3.05) is 0 Å². The van der Waals surface area contributed by atoms with Crippen LogP contribution in [0.2, 0.25) is 5.02 Å². The number of nitrogens with two attached hydrogens (primary N) is 1. The molecule has 0 heterocycles. The summed E-state index contributed by atoms with van der Waals surface area (Å²) in [4.78, 5) is 0. The van der Waals surface area contributed by atoms with E-state index >= 15 is 0 Å². The van der Waals surface area contributed by atoms with Crippen molar-refractivity contribution in [1.29, 1.82) is 0 Å². The topological polar surface area (TPSA) is 26.0 Å². The van der Waals surface area contributed by atoms with Crippen molar-refractivity contribution in [2.24, 2.45) is 11.7 Å². The Balaban J connectivity index is 0.00000112. The zero-order valence-corrected chi connectivity index (χ0v) is 10.2. The smallest absolute Gasteiger partial charge is 0.0409 e. The summed E-state index contributed by atoms with van der Waals surface area (Å²) in [5, 5.41) is 0.788. The molecule has 0 saturated heterocycles. The SMILES string of the molecule is Cl.N[C@@H](c1cccc(Cl)c1)C1CCCC1. The Hall–Kier alpha value is -0.240. The average Bonchev–Trinajstić information content (AvgIpc) is 2.69. The molecule has 0 radical (unpaired) electrons. The van der Waals surface area contributed by atoms with Gasteiger partial charge < -0.3 is 5.73 Å². The van der Waals surface area contributed by atoms with Crippen LogP contribution in [0.4, 0.5) is 0 Å². The molecule has 3 heteroatoms. The zero-order chi connectivity index (χ0) is 9.97. The van der Waals surface area contributed by atoms with Crippen LogP contribution in [0.1, 0.15) is 37.3 Å². The van der Waals surface area contributed by atoms with Crippen LogP contribution in [0.3, 0.4) is 0 Å². The second-order valence-corrected chi connectivity index (χ2v) is 4.56. The summed E-state index contributed by atoms with van der Waals surface area (Å²) in [6, 6.07) is 8.12. The molecule has 0 aliphatic heterocycles. The maximum absolute atomic E-state index is 6.21. The summed E-state index contributed by atoms with van der Waals surface area (Å²) < 4.78 is 0. The fraction of sp³-hybridized carbons (Fsp3) is 0.500. The second kappa shape index (κ2) is 5.74. The number of benzene rings is 1. The molecule has 0 aromatic heterocycles. The maximum Gasteiger partial charge on any atom is 0.0409 e. The van der Waals surface area contributed by atoms with E-state index in [9.17, 15) is 0 Å². The molecule has 1 aromatic carbocycles. The van der Waals surface area contributed by atoms with E-state index in [0.717, 1.165) is 5.02 Å². The third kappa shape index (κ3) is 3.10. The van der Waals surface area contributed by atoms with Gasteiger partial charge in [0.2, 0.25) is 0 Å². The van der Waals surface area contributed by atoms with E-state index in [1.807, 2.05) is 18.2 Å². The lowest BCUT2D eigenvalue weighted by Crippen LogP contribution is -2.18. The van der Waals surface area contributed by atoms with Gasteiger partial charge in [-0.15, -0.1) is 12.4 Å². The number of hydrogen-bond acceptors (Lipinski definition) is 1. The van der Waals surface area contributed by atoms with Gasteiger partial charge in [0.25, 0.3) is 0 Å². The van der Waals surface area contributed by atoms with Gasteiger partial charge in [-0.3, -0.25) is 0 Å². The Morgan fingerprint density at radius 3 is 2.53 bits per heavy atom. The molecule has 1 aliphatic rings. The Bertz CT molecular complexity index is 308. The fourth-order valence-corrected chi connectivity index (χ4v) is 2.50. The highest BCUT2D eigenvalue weighted by Gasteiger charge is 2.22. The first kappa shape index (κ1) is 12.8. The van der Waals surface area contributed by atoms with Crippen LogP contribution >= 0.6 is 24.0 Å². The summed E-state index contributed by atoms with van der Waals surface area (Å²) in [6.07, 6.45) is 5.21. The highest BCUT2D eigenvalue weighted by Crippen LogP contribution is 2.34. The van der Waals surface area contributed by atoms with Gasteiger partial charge in [0.05, 0.1) is 0 Å². The molecular formula is C12H17Cl2N. The minimum Gasteiger partial charge on any atom is -0.324 e. The summed E-state index contributed by atoms with van der Waals surface area (Å²) in [6.45, 7) is 0. The Morgan fingerprint density at radius 2 is 1.93 bits per heavy atom. The van der Waals surface area contributed by atoms with Crippen LogP contribution in [-0.4, -0.2) is 0 Å². The first-order valence-electron chi connectivity index (χ1n) is 5.28. The van der Waals surface area contributed by atoms with Crippen LogP contribution in [0.5, 0.6) is 0 Å². The molecular weight excluding hydrogens is 229 g/mol. The molecule has 2 N–H and O–H groups in total. The van der Waals surface area contributed by atoms with Gasteiger partial charge in [-0.25, -0.2) is 0 Å². The van der Waals surface area contributed by atoms with Gasteiger partial charge in [-0.2, -0.15) is 0 Å². The molecule has 1 aromatic rings. The first-order valence-corrected chi connectivity index (χ1v) is 5.66. The van der Waals surface area contributed by atoms with Gasteiger partial charge in [-0.05, 0) is 36.5 Å². The maximum atomic E-state index is 6.21. The zero-order valence-electron chi connectivity index (χ0n) is 8.66. The largest absolute Gasteiger partial charge is 0.324 e. The average molecular weight is 246 g/mol. The van der Waals surface area contributed by atoms with Gasteiger partial charge in [0, 0.05) is 11.1 Å². The minimum absolute atomic E-state index is 0. The summed E-state index contributed by atoms with van der Waals surface area (Å²) in [5.41, 5.74) is 7.40. The molecule has 84 valence electrons. The van der Waals surface area contributed by atoms with Crippen molar-refractivity contribution in [1.82, 2.24) is 0 Å². The number of hydrogen-bond donors (Lipinski definition) is 1. The van der Waals surface area contributed by atoms with E-state index in [1.165, 1.54) is 31.2 Å². The van der Waals surface area contributed by atoms with Crippen molar-refractivity contribution in [3.8, 4) is 0 Å². The van der Waals surface area contributed by atoms with E-state index in [-0.39, 0.29) is 18.4 Å². The molecule has 0 unspecified atom stereocenters. The standard InChI is InChI=1S/C12H16ClN.ClH/c13-11-7-3-6-10(8-11)12(14)9-4-1-2-5-9;/h3,6-9,12H,1-2,4-5,14H2;1H/t12-;/m1./s1. The molecule has 1 aliphatic carbocycles. The molecule has 1 atom stereocenters. The molecule has 1 saturated carbocycles. The molecule has 1 fully saturated rings. The van der Waals surface area contributed by atoms with Gasteiger partial charge in [0.1, 0.15) is 0 Å². The predicted molar refractivity (Wildman–Crippen MR) is 67.6 cm³/mol. The Kier molecular flexibility index (Phi) is 4.91. The lowest BCUT2D eigenvalue weighted by Gasteiger charge is -2.19. The van der Waals surface area contributed by atoms with Crippen LogP contribution in [0.15, 0.2) is 24.3 Å². The second-order valence-electron chi connectivity index (χ2n) is 4.13. The summed E-state index contributed by atoms with van der Waals surface area (Å²) >= 11 is 5.94. The Morgan fingerprint density at radius 1 is 1.27 bits per heavy atom. The van der Waals surface area contributed by atoms with Gasteiger partial charge >= 0.3 is 0 Å². The summed E-state index contributed by atoms with van der Waals surface area (Å²) in [5.74, 6) is 0.661. The van der Waals surface area contributed by atoms with Crippen molar-refractivity contribution in [3.05, 3.63) is 34.9 Å². The molecule has 1 nitrogen and oxygen atoms in total. The first-order chi connectivity index (χ1) is 6.77. The third-order valence-electron chi connectivity index (χ3n) is 3.14. The molecule has 0 bridgehead atoms. The van der Waals surface area contributed by atoms with Crippen LogP contribution in [-0.2, 0) is 0 Å². The van der Waals surface area contributed by atoms with Crippen LogP contribution in [0, 0.1) is 5.92 Å². The number of halogens is 2. The van der Waals surface area contributed by atoms with Crippen molar-refractivity contribution < 1.29 is 0 Å². The van der Waals surface area contributed by atoms with E-state index in [0.29, 0.717) is 5.92 Å². The van der Waals surface area contributed by atoms with Gasteiger partial charge in [-0.1, -0.05) is 36.6 Å². The van der Waals surface area contributed by atoms with E-state index in [2.05, 4.69) is 6.07 Å². The lowest BCUT2D eigenvalue weighted by molar-refractivity contribution is 0.445. The van der Waals surface area contributed by atoms with Crippen molar-refractivity contribution >= 4 is 24.0 Å².